The Morgan fingerprint density at radius 1 is 1.00 bits per heavy atom. The first-order valence-corrected chi connectivity index (χ1v) is 9.97. The standard InChI is InChI=1S/C17H11Cl3N2O4S/c1-10-2-7-13(18)15(8-10)26-27(24,25)12-5-3-11(4-6-12)22-17(23)16(20)14(19)9-21-22/h2-9H,1H3. The minimum absolute atomic E-state index is 0.0283. The molecule has 0 radical (unpaired) electrons. The molecule has 3 aromatic rings. The highest BCUT2D eigenvalue weighted by Crippen LogP contribution is 2.28. The van der Waals surface area contributed by atoms with Crippen LogP contribution in [-0.4, -0.2) is 18.2 Å². The molecule has 0 atom stereocenters. The van der Waals surface area contributed by atoms with Crippen LogP contribution in [0.25, 0.3) is 5.69 Å². The van der Waals surface area contributed by atoms with Crippen molar-refractivity contribution in [3.63, 3.8) is 0 Å². The fourth-order valence-electron chi connectivity index (χ4n) is 2.19. The Hall–Kier alpha value is -2.06. The van der Waals surface area contributed by atoms with Crippen molar-refractivity contribution in [2.45, 2.75) is 11.8 Å². The van der Waals surface area contributed by atoms with Gasteiger partial charge in [0.25, 0.3) is 5.56 Å². The van der Waals surface area contributed by atoms with Crippen molar-refractivity contribution in [3.8, 4) is 11.4 Å². The van der Waals surface area contributed by atoms with Gasteiger partial charge in [-0.15, -0.1) is 0 Å². The number of nitrogens with zero attached hydrogens (tertiary/aromatic N) is 2. The fraction of sp³-hybridized carbons (Fsp3) is 0.0588. The van der Waals surface area contributed by atoms with Gasteiger partial charge in [-0.3, -0.25) is 4.79 Å². The molecule has 6 nitrogen and oxygen atoms in total. The summed E-state index contributed by atoms with van der Waals surface area (Å²) in [4.78, 5) is 12.0. The van der Waals surface area contributed by atoms with Crippen molar-refractivity contribution < 1.29 is 12.6 Å². The van der Waals surface area contributed by atoms with Crippen molar-refractivity contribution >= 4 is 44.9 Å². The highest BCUT2D eigenvalue weighted by molar-refractivity contribution is 7.87. The van der Waals surface area contributed by atoms with Crippen LogP contribution in [0.4, 0.5) is 0 Å². The Labute approximate surface area is 170 Å². The highest BCUT2D eigenvalue weighted by atomic mass is 35.5. The van der Waals surface area contributed by atoms with Crippen LogP contribution in [-0.2, 0) is 10.1 Å². The predicted octanol–water partition coefficient (Wildman–Crippen LogP) is 4.27. The molecule has 0 bridgehead atoms. The van der Waals surface area contributed by atoms with E-state index in [9.17, 15) is 13.2 Å². The van der Waals surface area contributed by atoms with Crippen LogP contribution >= 0.6 is 34.8 Å². The third-order valence-electron chi connectivity index (χ3n) is 3.53. The molecule has 0 aliphatic carbocycles. The van der Waals surface area contributed by atoms with E-state index in [-0.39, 0.29) is 25.7 Å². The van der Waals surface area contributed by atoms with E-state index in [0.717, 1.165) is 10.2 Å². The van der Waals surface area contributed by atoms with Crippen molar-refractivity contribution in [2.75, 3.05) is 0 Å². The summed E-state index contributed by atoms with van der Waals surface area (Å²) < 4.78 is 31.1. The van der Waals surface area contributed by atoms with E-state index in [0.29, 0.717) is 5.69 Å². The van der Waals surface area contributed by atoms with Crippen LogP contribution in [0.2, 0.25) is 15.1 Å². The summed E-state index contributed by atoms with van der Waals surface area (Å²) in [6.07, 6.45) is 1.22. The van der Waals surface area contributed by atoms with Gasteiger partial charge in [-0.2, -0.15) is 18.2 Å². The molecular formula is C17H11Cl3N2O4S. The minimum atomic E-state index is -4.12. The zero-order valence-corrected chi connectivity index (χ0v) is 16.8. The Bertz CT molecular complexity index is 1180. The van der Waals surface area contributed by atoms with Gasteiger partial charge in [-0.1, -0.05) is 40.9 Å². The molecular weight excluding hydrogens is 435 g/mol. The average molecular weight is 446 g/mol. The van der Waals surface area contributed by atoms with Crippen molar-refractivity contribution in [1.29, 1.82) is 0 Å². The summed E-state index contributed by atoms with van der Waals surface area (Å²) in [5.74, 6) is 0.0307. The van der Waals surface area contributed by atoms with Crippen LogP contribution in [0.15, 0.2) is 58.4 Å². The van der Waals surface area contributed by atoms with Crippen molar-refractivity contribution in [1.82, 2.24) is 9.78 Å². The number of halogens is 3. The molecule has 0 aliphatic heterocycles. The van der Waals surface area contributed by atoms with Crippen LogP contribution in [0.3, 0.4) is 0 Å². The lowest BCUT2D eigenvalue weighted by Gasteiger charge is -2.10. The van der Waals surface area contributed by atoms with Gasteiger partial charge in [0.1, 0.15) is 9.92 Å². The zero-order chi connectivity index (χ0) is 19.8. The second-order valence-electron chi connectivity index (χ2n) is 5.49. The molecule has 1 aromatic heterocycles. The summed E-state index contributed by atoms with van der Waals surface area (Å²) in [5, 5.41) is 3.90. The first-order valence-electron chi connectivity index (χ1n) is 7.43. The van der Waals surface area contributed by atoms with Crippen LogP contribution < -0.4 is 9.74 Å². The van der Waals surface area contributed by atoms with E-state index in [1.165, 1.54) is 36.5 Å². The Morgan fingerprint density at radius 2 is 1.67 bits per heavy atom. The quantitative estimate of drug-likeness (QED) is 0.560. The number of hydrogen-bond acceptors (Lipinski definition) is 5. The first kappa shape index (κ1) is 19.7. The average Bonchev–Trinajstić information content (AvgIpc) is 2.63. The second kappa shape index (κ2) is 7.52. The molecule has 0 spiro atoms. The van der Waals surface area contributed by atoms with E-state index < -0.39 is 15.7 Å². The largest absolute Gasteiger partial charge is 0.377 e. The van der Waals surface area contributed by atoms with E-state index in [4.69, 9.17) is 39.0 Å². The maximum absolute atomic E-state index is 12.5. The normalized spacial score (nSPS) is 11.4. The van der Waals surface area contributed by atoms with E-state index in [2.05, 4.69) is 5.10 Å². The van der Waals surface area contributed by atoms with Gasteiger partial charge in [-0.05, 0) is 48.9 Å². The molecule has 2 aromatic carbocycles. The summed E-state index contributed by atoms with van der Waals surface area (Å²) in [6.45, 7) is 1.78. The summed E-state index contributed by atoms with van der Waals surface area (Å²) in [6, 6.07) is 10.2. The smallest absolute Gasteiger partial charge is 0.339 e. The SMILES string of the molecule is Cc1ccc(Cl)c(OS(=O)(=O)c2ccc(-n3ncc(Cl)c(Cl)c3=O)cc2)c1. The minimum Gasteiger partial charge on any atom is -0.377 e. The number of aryl methyl sites for hydroxylation is 1. The third kappa shape index (κ3) is 4.11. The maximum atomic E-state index is 12.5. The lowest BCUT2D eigenvalue weighted by molar-refractivity contribution is 0.486. The molecule has 0 amide bonds. The van der Waals surface area contributed by atoms with Gasteiger partial charge in [0, 0.05) is 0 Å². The zero-order valence-electron chi connectivity index (χ0n) is 13.7. The summed E-state index contributed by atoms with van der Waals surface area (Å²) >= 11 is 17.5. The van der Waals surface area contributed by atoms with Crippen LogP contribution in [0.5, 0.6) is 5.75 Å². The van der Waals surface area contributed by atoms with Crippen LogP contribution in [0, 0.1) is 6.92 Å². The van der Waals surface area contributed by atoms with E-state index >= 15 is 0 Å². The van der Waals surface area contributed by atoms with Crippen molar-refractivity contribution in [2.24, 2.45) is 0 Å². The fourth-order valence-corrected chi connectivity index (χ4v) is 3.59. The molecule has 10 heteroatoms. The predicted molar refractivity (Wildman–Crippen MR) is 104 cm³/mol. The molecule has 0 aliphatic rings. The van der Waals surface area contributed by atoms with Crippen molar-refractivity contribution in [3.05, 3.63) is 79.6 Å². The van der Waals surface area contributed by atoms with E-state index in [1.807, 2.05) is 0 Å². The van der Waals surface area contributed by atoms with Gasteiger partial charge in [0.2, 0.25) is 0 Å². The second-order valence-corrected chi connectivity index (χ2v) is 8.23. The lowest BCUT2D eigenvalue weighted by atomic mass is 10.2. The maximum Gasteiger partial charge on any atom is 0.339 e. The van der Waals surface area contributed by atoms with Gasteiger partial charge in [-0.25, -0.2) is 0 Å². The lowest BCUT2D eigenvalue weighted by Crippen LogP contribution is -2.21. The monoisotopic (exact) mass is 444 g/mol. The van der Waals surface area contributed by atoms with Crippen LogP contribution in [0.1, 0.15) is 5.56 Å². The summed E-state index contributed by atoms with van der Waals surface area (Å²) in [7, 11) is -4.12. The molecule has 1 heterocycles. The molecule has 0 saturated carbocycles. The van der Waals surface area contributed by atoms with E-state index in [1.54, 1.807) is 19.1 Å². The molecule has 27 heavy (non-hydrogen) atoms. The molecule has 140 valence electrons. The highest BCUT2D eigenvalue weighted by Gasteiger charge is 2.19. The van der Waals surface area contributed by atoms with Gasteiger partial charge >= 0.3 is 10.1 Å². The molecule has 0 unspecified atom stereocenters. The number of hydrogen-bond donors (Lipinski definition) is 0. The van der Waals surface area contributed by atoms with Gasteiger partial charge in [0.05, 0.1) is 21.9 Å². The number of aromatic nitrogens is 2. The topological polar surface area (TPSA) is 78.3 Å². The third-order valence-corrected chi connectivity index (χ3v) is 5.84. The molecule has 3 rings (SSSR count). The Morgan fingerprint density at radius 3 is 2.33 bits per heavy atom. The summed E-state index contributed by atoms with van der Waals surface area (Å²) in [5.41, 5.74) is 0.485. The van der Waals surface area contributed by atoms with Gasteiger partial charge < -0.3 is 4.18 Å². The van der Waals surface area contributed by atoms with Gasteiger partial charge in [0.15, 0.2) is 5.75 Å². The molecule has 0 saturated heterocycles. The number of rotatable bonds is 4. The molecule has 0 fully saturated rings. The molecule has 0 N–H and O–H groups in total. The number of benzene rings is 2. The first-order chi connectivity index (χ1) is 12.7. The Kier molecular flexibility index (Phi) is 5.48. The Balaban J connectivity index is 1.94.